The van der Waals surface area contributed by atoms with Crippen molar-refractivity contribution in [2.45, 2.75) is 25.7 Å². The van der Waals surface area contributed by atoms with Crippen LogP contribution in [0.1, 0.15) is 34.5 Å². The Morgan fingerprint density at radius 1 is 1.13 bits per heavy atom. The number of benzene rings is 1. The van der Waals surface area contributed by atoms with Crippen molar-refractivity contribution < 1.29 is 9.32 Å². The molecular weight excluding hydrogens is 292 g/mol. The molecule has 1 amide bonds. The largest absolute Gasteiger partial charge is 0.351 e. The first-order valence-corrected chi connectivity index (χ1v) is 7.69. The van der Waals surface area contributed by atoms with Crippen molar-refractivity contribution in [2.24, 2.45) is 0 Å². The minimum absolute atomic E-state index is 0.156. The summed E-state index contributed by atoms with van der Waals surface area (Å²) in [5, 5.41) is 13.3. The maximum atomic E-state index is 11.9. The number of aromatic amines is 1. The van der Waals surface area contributed by atoms with E-state index in [9.17, 15) is 4.79 Å². The van der Waals surface area contributed by atoms with Gasteiger partial charge in [-0.1, -0.05) is 17.3 Å². The van der Waals surface area contributed by atoms with Crippen LogP contribution in [-0.4, -0.2) is 21.3 Å². The molecule has 0 fully saturated rings. The van der Waals surface area contributed by atoms with E-state index in [2.05, 4.69) is 38.9 Å². The highest BCUT2D eigenvalue weighted by Crippen LogP contribution is 2.27. The highest BCUT2D eigenvalue weighted by molar-refractivity contribution is 6.01. The van der Waals surface area contributed by atoms with Gasteiger partial charge in [-0.2, -0.15) is 5.10 Å². The molecule has 0 radical (unpaired) electrons. The molecule has 0 unspecified atom stereocenters. The first-order valence-electron chi connectivity index (χ1n) is 7.69. The molecule has 2 N–H and O–H groups in total. The Kier molecular flexibility index (Phi) is 3.42. The molecule has 1 aliphatic rings. The summed E-state index contributed by atoms with van der Waals surface area (Å²) in [7, 11) is 0. The average molecular weight is 308 g/mol. The van der Waals surface area contributed by atoms with Crippen molar-refractivity contribution in [3.63, 3.8) is 0 Å². The molecule has 3 aromatic rings. The van der Waals surface area contributed by atoms with Crippen LogP contribution in [0.2, 0.25) is 0 Å². The van der Waals surface area contributed by atoms with Gasteiger partial charge < -0.3 is 9.84 Å². The minimum atomic E-state index is -0.369. The van der Waals surface area contributed by atoms with E-state index in [0.29, 0.717) is 5.82 Å². The molecule has 23 heavy (non-hydrogen) atoms. The zero-order chi connectivity index (χ0) is 15.6. The van der Waals surface area contributed by atoms with E-state index < -0.39 is 0 Å². The van der Waals surface area contributed by atoms with Gasteiger partial charge in [0.25, 0.3) is 5.91 Å². The molecule has 116 valence electrons. The Morgan fingerprint density at radius 2 is 2.00 bits per heavy atom. The number of rotatable bonds is 3. The predicted octanol–water partition coefficient (Wildman–Crippen LogP) is 3.20. The van der Waals surface area contributed by atoms with E-state index in [1.807, 2.05) is 6.07 Å². The SMILES string of the molecule is O=C(Nc1cc(-c2ccc3c(c2)CCCC3)[nH]n1)c1ccno1. The van der Waals surface area contributed by atoms with Gasteiger partial charge in [-0.05, 0) is 48.4 Å². The molecule has 0 spiro atoms. The minimum Gasteiger partial charge on any atom is -0.351 e. The predicted molar refractivity (Wildman–Crippen MR) is 85.1 cm³/mol. The van der Waals surface area contributed by atoms with E-state index in [-0.39, 0.29) is 11.7 Å². The van der Waals surface area contributed by atoms with Gasteiger partial charge in [0.15, 0.2) is 5.82 Å². The summed E-state index contributed by atoms with van der Waals surface area (Å²) in [6.07, 6.45) is 6.24. The number of fused-ring (bicyclic) bond motifs is 1. The van der Waals surface area contributed by atoms with Crippen LogP contribution < -0.4 is 5.32 Å². The Bertz CT molecular complexity index is 836. The molecule has 0 atom stereocenters. The van der Waals surface area contributed by atoms with Gasteiger partial charge >= 0.3 is 0 Å². The number of aryl methyl sites for hydroxylation is 2. The van der Waals surface area contributed by atoms with Gasteiger partial charge in [-0.25, -0.2) is 0 Å². The maximum Gasteiger partial charge on any atom is 0.295 e. The fraction of sp³-hybridized carbons (Fsp3) is 0.235. The normalized spacial score (nSPS) is 13.6. The lowest BCUT2D eigenvalue weighted by Crippen LogP contribution is -2.11. The number of hydrogen-bond acceptors (Lipinski definition) is 4. The van der Waals surface area contributed by atoms with Crippen molar-refractivity contribution in [3.05, 3.63) is 53.4 Å². The number of hydrogen-bond donors (Lipinski definition) is 2. The smallest absolute Gasteiger partial charge is 0.295 e. The first kappa shape index (κ1) is 13.8. The summed E-state index contributed by atoms with van der Waals surface area (Å²) >= 11 is 0. The first-order chi connectivity index (χ1) is 11.3. The van der Waals surface area contributed by atoms with Crippen molar-refractivity contribution in [1.82, 2.24) is 15.4 Å². The second-order valence-corrected chi connectivity index (χ2v) is 5.69. The molecule has 6 heteroatoms. The number of carbonyl (C=O) groups is 1. The Labute approximate surface area is 132 Å². The molecule has 0 bridgehead atoms. The van der Waals surface area contributed by atoms with Crippen LogP contribution >= 0.6 is 0 Å². The quantitative estimate of drug-likeness (QED) is 0.778. The number of aromatic nitrogens is 3. The highest BCUT2D eigenvalue weighted by Gasteiger charge is 2.14. The molecule has 6 nitrogen and oxygen atoms in total. The fourth-order valence-corrected chi connectivity index (χ4v) is 2.95. The van der Waals surface area contributed by atoms with Gasteiger partial charge in [0.2, 0.25) is 5.76 Å². The summed E-state index contributed by atoms with van der Waals surface area (Å²) in [5.41, 5.74) is 4.82. The number of nitrogens with zero attached hydrogens (tertiary/aromatic N) is 2. The molecule has 2 aromatic heterocycles. The van der Waals surface area contributed by atoms with Gasteiger partial charge in [-0.15, -0.1) is 0 Å². The lowest BCUT2D eigenvalue weighted by atomic mass is 9.90. The third-order valence-corrected chi connectivity index (χ3v) is 4.14. The molecular formula is C17H16N4O2. The second kappa shape index (κ2) is 5.72. The number of H-pyrrole nitrogens is 1. The number of amides is 1. The molecule has 1 aliphatic carbocycles. The van der Waals surface area contributed by atoms with Crippen LogP contribution in [0.3, 0.4) is 0 Å². The van der Waals surface area contributed by atoms with E-state index in [1.54, 1.807) is 0 Å². The molecule has 0 saturated heterocycles. The number of carbonyl (C=O) groups excluding carboxylic acids is 1. The third kappa shape index (κ3) is 2.75. The van der Waals surface area contributed by atoms with Gasteiger partial charge in [0.1, 0.15) is 0 Å². The van der Waals surface area contributed by atoms with Crippen LogP contribution in [0.5, 0.6) is 0 Å². The van der Waals surface area contributed by atoms with E-state index in [1.165, 1.54) is 36.2 Å². The molecule has 0 aliphatic heterocycles. The molecule has 2 heterocycles. The monoisotopic (exact) mass is 308 g/mol. The Hall–Kier alpha value is -2.89. The van der Waals surface area contributed by atoms with Crippen LogP contribution in [0.25, 0.3) is 11.3 Å². The number of nitrogens with one attached hydrogen (secondary N) is 2. The van der Waals surface area contributed by atoms with E-state index >= 15 is 0 Å². The van der Waals surface area contributed by atoms with Gasteiger partial charge in [-0.3, -0.25) is 9.89 Å². The van der Waals surface area contributed by atoms with Crippen LogP contribution in [0, 0.1) is 0 Å². The Balaban J connectivity index is 1.55. The van der Waals surface area contributed by atoms with E-state index in [0.717, 1.165) is 24.1 Å². The standard InChI is InChI=1S/C17H16N4O2/c22-17(15-7-8-18-23-15)19-16-10-14(20-21-16)13-6-5-11-3-1-2-4-12(11)9-13/h5-10H,1-4H2,(H2,19,20,21,22). The Morgan fingerprint density at radius 3 is 2.83 bits per heavy atom. The van der Waals surface area contributed by atoms with Crippen molar-refractivity contribution in [3.8, 4) is 11.3 Å². The summed E-state index contributed by atoms with van der Waals surface area (Å²) in [6, 6.07) is 9.83. The molecule has 0 saturated carbocycles. The zero-order valence-electron chi connectivity index (χ0n) is 12.5. The number of anilines is 1. The second-order valence-electron chi connectivity index (χ2n) is 5.69. The van der Waals surface area contributed by atoms with Crippen LogP contribution in [0.4, 0.5) is 5.82 Å². The summed E-state index contributed by atoms with van der Waals surface area (Å²) in [5.74, 6) is 0.244. The topological polar surface area (TPSA) is 83.8 Å². The lowest BCUT2D eigenvalue weighted by molar-refractivity contribution is 0.0987. The lowest BCUT2D eigenvalue weighted by Gasteiger charge is -2.16. The fourth-order valence-electron chi connectivity index (χ4n) is 2.95. The summed E-state index contributed by atoms with van der Waals surface area (Å²) < 4.78 is 4.82. The maximum absolute atomic E-state index is 11.9. The van der Waals surface area contributed by atoms with Crippen molar-refractivity contribution >= 4 is 11.7 Å². The molecule has 4 rings (SSSR count). The van der Waals surface area contributed by atoms with Crippen molar-refractivity contribution in [1.29, 1.82) is 0 Å². The van der Waals surface area contributed by atoms with Crippen LogP contribution in [-0.2, 0) is 12.8 Å². The summed E-state index contributed by atoms with van der Waals surface area (Å²) in [4.78, 5) is 11.9. The van der Waals surface area contributed by atoms with Gasteiger partial charge in [0, 0.05) is 12.1 Å². The van der Waals surface area contributed by atoms with Crippen molar-refractivity contribution in [2.75, 3.05) is 5.32 Å². The average Bonchev–Trinajstić information content (AvgIpc) is 3.26. The van der Waals surface area contributed by atoms with Gasteiger partial charge in [0.05, 0.1) is 11.9 Å². The van der Waals surface area contributed by atoms with Crippen LogP contribution in [0.15, 0.2) is 41.1 Å². The molecule has 1 aromatic carbocycles. The van der Waals surface area contributed by atoms with E-state index in [4.69, 9.17) is 4.52 Å². The summed E-state index contributed by atoms with van der Waals surface area (Å²) in [6.45, 7) is 0. The zero-order valence-corrected chi connectivity index (χ0v) is 12.5. The third-order valence-electron chi connectivity index (χ3n) is 4.14. The highest BCUT2D eigenvalue weighted by atomic mass is 16.5.